The minimum Gasteiger partial charge on any atom is -0.425 e. The number of carbonyl (C=O) groups is 1. The Hall–Kier alpha value is -2.66. The van der Waals surface area contributed by atoms with Gasteiger partial charge in [0.1, 0.15) is 18.3 Å². The fourth-order valence-corrected chi connectivity index (χ4v) is 3.06. The molecule has 1 aliphatic heterocycles. The largest absolute Gasteiger partial charge is 0.425 e. The Morgan fingerprint density at radius 1 is 1.17 bits per heavy atom. The van der Waals surface area contributed by atoms with Gasteiger partial charge in [0.15, 0.2) is 0 Å². The predicted molar refractivity (Wildman–Crippen MR) is 90.5 cm³/mol. The first-order chi connectivity index (χ1) is 11.8. The van der Waals surface area contributed by atoms with Crippen molar-refractivity contribution in [2.75, 3.05) is 6.61 Å². The lowest BCUT2D eigenvalue weighted by Crippen LogP contribution is -2.18. The number of aromatic nitrogens is 2. The highest BCUT2D eigenvalue weighted by Gasteiger charge is 2.23. The van der Waals surface area contributed by atoms with Gasteiger partial charge in [0.05, 0.1) is 11.0 Å². The number of benzene rings is 2. The Kier molecular flexibility index (Phi) is 4.01. The fourth-order valence-electron chi connectivity index (χ4n) is 3.06. The Bertz CT molecular complexity index is 866. The molecule has 1 saturated heterocycles. The predicted octanol–water partition coefficient (Wildman–Crippen LogP) is 4.34. The van der Waals surface area contributed by atoms with Crippen LogP contribution in [0.5, 0.6) is 11.8 Å². The summed E-state index contributed by atoms with van der Waals surface area (Å²) in [5.74, 6) is 0.590. The summed E-state index contributed by atoms with van der Waals surface area (Å²) >= 11 is 0. The highest BCUT2D eigenvalue weighted by atomic mass is 16.5. The molecule has 122 valence electrons. The molecule has 4 rings (SSSR count). The maximum Gasteiger partial charge on any atom is 0.305 e. The highest BCUT2D eigenvalue weighted by Crippen LogP contribution is 2.33. The molecule has 5 nitrogen and oxygen atoms in total. The molecule has 24 heavy (non-hydrogen) atoms. The van der Waals surface area contributed by atoms with Crippen molar-refractivity contribution in [2.45, 2.75) is 25.5 Å². The van der Waals surface area contributed by atoms with Crippen LogP contribution in [0.4, 0.5) is 0 Å². The third-order valence-corrected chi connectivity index (χ3v) is 4.21. The maximum absolute atomic E-state index is 11.0. The van der Waals surface area contributed by atoms with Crippen LogP contribution < -0.4 is 4.74 Å². The lowest BCUT2D eigenvalue weighted by molar-refractivity contribution is -0.0325. The molecule has 3 aromatic rings. The van der Waals surface area contributed by atoms with Crippen molar-refractivity contribution in [3.63, 3.8) is 0 Å². The first-order valence-electron chi connectivity index (χ1n) is 8.17. The van der Waals surface area contributed by atoms with E-state index in [1.165, 1.54) is 0 Å². The fraction of sp³-hybridized carbons (Fsp3) is 0.263. The van der Waals surface area contributed by atoms with Gasteiger partial charge in [-0.25, -0.2) is 0 Å². The minimum atomic E-state index is -0.0737. The number of hydrogen-bond acceptors (Lipinski definition) is 4. The lowest BCUT2D eigenvalue weighted by atomic mass is 10.2. The summed E-state index contributed by atoms with van der Waals surface area (Å²) < 4.78 is 14.0. The van der Waals surface area contributed by atoms with Crippen LogP contribution in [0.3, 0.4) is 0 Å². The van der Waals surface area contributed by atoms with E-state index >= 15 is 0 Å². The van der Waals surface area contributed by atoms with Gasteiger partial charge in [0.25, 0.3) is 0 Å². The van der Waals surface area contributed by atoms with E-state index in [1.54, 1.807) is 18.2 Å². The molecule has 0 amide bonds. The van der Waals surface area contributed by atoms with Crippen molar-refractivity contribution < 1.29 is 14.3 Å². The first kappa shape index (κ1) is 14.9. The third kappa shape index (κ3) is 2.78. The molecule has 0 spiro atoms. The summed E-state index contributed by atoms with van der Waals surface area (Å²) in [6, 6.07) is 15.5. The van der Waals surface area contributed by atoms with Gasteiger partial charge in [-0.05, 0) is 43.5 Å². The average Bonchev–Trinajstić information content (AvgIpc) is 3.00. The highest BCUT2D eigenvalue weighted by molar-refractivity contribution is 5.77. The van der Waals surface area contributed by atoms with Crippen molar-refractivity contribution in [2.24, 2.45) is 0 Å². The molecule has 0 N–H and O–H groups in total. The molecule has 1 unspecified atom stereocenters. The van der Waals surface area contributed by atoms with Crippen molar-refractivity contribution in [1.82, 2.24) is 9.55 Å². The Morgan fingerprint density at radius 2 is 2.08 bits per heavy atom. The zero-order valence-electron chi connectivity index (χ0n) is 13.2. The van der Waals surface area contributed by atoms with E-state index in [1.807, 2.05) is 34.9 Å². The molecule has 1 fully saturated rings. The maximum atomic E-state index is 11.0. The SMILES string of the molecule is O=Cc1cccc(Oc2nc3ccccc3n2C2CCCCO2)c1. The van der Waals surface area contributed by atoms with Gasteiger partial charge in [-0.2, -0.15) is 4.98 Å². The van der Waals surface area contributed by atoms with E-state index in [4.69, 9.17) is 9.47 Å². The van der Waals surface area contributed by atoms with Gasteiger partial charge >= 0.3 is 6.01 Å². The van der Waals surface area contributed by atoms with Crippen LogP contribution in [-0.4, -0.2) is 22.4 Å². The lowest BCUT2D eigenvalue weighted by Gasteiger charge is -2.25. The molecule has 0 bridgehead atoms. The second-order valence-corrected chi connectivity index (χ2v) is 5.87. The molecule has 1 atom stereocenters. The quantitative estimate of drug-likeness (QED) is 0.671. The smallest absolute Gasteiger partial charge is 0.305 e. The van der Waals surface area contributed by atoms with Crippen molar-refractivity contribution in [3.8, 4) is 11.8 Å². The number of imidazole rings is 1. The van der Waals surface area contributed by atoms with Crippen LogP contribution in [0.1, 0.15) is 35.8 Å². The Labute approximate surface area is 139 Å². The number of hydrogen-bond donors (Lipinski definition) is 0. The second-order valence-electron chi connectivity index (χ2n) is 5.87. The van der Waals surface area contributed by atoms with Crippen molar-refractivity contribution >= 4 is 17.3 Å². The van der Waals surface area contributed by atoms with E-state index in [2.05, 4.69) is 4.98 Å². The molecule has 1 aliphatic rings. The molecular formula is C19H18N2O3. The summed E-state index contributed by atoms with van der Waals surface area (Å²) in [4.78, 5) is 15.6. The van der Waals surface area contributed by atoms with Crippen LogP contribution in [0.2, 0.25) is 0 Å². The molecule has 0 saturated carbocycles. The summed E-state index contributed by atoms with van der Waals surface area (Å²) in [5.41, 5.74) is 2.43. The Morgan fingerprint density at radius 3 is 2.92 bits per heavy atom. The van der Waals surface area contributed by atoms with Gasteiger partial charge in [-0.1, -0.05) is 24.3 Å². The first-order valence-corrected chi connectivity index (χ1v) is 8.17. The zero-order valence-corrected chi connectivity index (χ0v) is 13.2. The van der Waals surface area contributed by atoms with Crippen LogP contribution in [-0.2, 0) is 4.74 Å². The van der Waals surface area contributed by atoms with E-state index in [9.17, 15) is 4.79 Å². The number of carbonyl (C=O) groups excluding carboxylic acids is 1. The number of nitrogens with zero attached hydrogens (tertiary/aromatic N) is 2. The monoisotopic (exact) mass is 322 g/mol. The van der Waals surface area contributed by atoms with Crippen LogP contribution in [0.25, 0.3) is 11.0 Å². The summed E-state index contributed by atoms with van der Waals surface area (Å²) in [6.45, 7) is 0.747. The van der Waals surface area contributed by atoms with E-state index in [0.29, 0.717) is 17.3 Å². The molecule has 0 aliphatic carbocycles. The molecule has 1 aromatic heterocycles. The second kappa shape index (κ2) is 6.45. The standard InChI is InChI=1S/C19H18N2O3/c22-13-14-6-5-7-15(12-14)24-19-20-16-8-1-2-9-17(16)21(19)18-10-3-4-11-23-18/h1-2,5-9,12-13,18H,3-4,10-11H2. The van der Waals surface area contributed by atoms with Gasteiger partial charge in [0, 0.05) is 12.2 Å². The van der Waals surface area contributed by atoms with Gasteiger partial charge in [-0.15, -0.1) is 0 Å². The zero-order chi connectivity index (χ0) is 16.4. The number of rotatable bonds is 4. The van der Waals surface area contributed by atoms with E-state index in [-0.39, 0.29) is 6.23 Å². The number of ether oxygens (including phenoxy) is 2. The number of fused-ring (bicyclic) bond motifs is 1. The number of aldehydes is 1. The summed E-state index contributed by atoms with van der Waals surface area (Å²) in [6.07, 6.45) is 3.87. The van der Waals surface area contributed by atoms with Crippen LogP contribution in [0, 0.1) is 0 Å². The minimum absolute atomic E-state index is 0.0737. The molecule has 2 heterocycles. The number of para-hydroxylation sites is 2. The summed E-state index contributed by atoms with van der Waals surface area (Å²) in [7, 11) is 0. The average molecular weight is 322 g/mol. The van der Waals surface area contributed by atoms with Crippen LogP contribution >= 0.6 is 0 Å². The van der Waals surface area contributed by atoms with Crippen molar-refractivity contribution in [1.29, 1.82) is 0 Å². The molecule has 2 aromatic carbocycles. The molecule has 0 radical (unpaired) electrons. The van der Waals surface area contributed by atoms with Gasteiger partial charge in [-0.3, -0.25) is 9.36 Å². The van der Waals surface area contributed by atoms with Gasteiger partial charge < -0.3 is 9.47 Å². The van der Waals surface area contributed by atoms with Crippen LogP contribution in [0.15, 0.2) is 48.5 Å². The molecule has 5 heteroatoms. The van der Waals surface area contributed by atoms with E-state index < -0.39 is 0 Å². The third-order valence-electron chi connectivity index (χ3n) is 4.21. The normalized spacial score (nSPS) is 17.8. The summed E-state index contributed by atoms with van der Waals surface area (Å²) in [5, 5.41) is 0. The van der Waals surface area contributed by atoms with Gasteiger partial charge in [0.2, 0.25) is 0 Å². The molecular weight excluding hydrogens is 304 g/mol. The van der Waals surface area contributed by atoms with E-state index in [0.717, 1.165) is 43.2 Å². The Balaban J connectivity index is 1.77. The topological polar surface area (TPSA) is 53.3 Å². The van der Waals surface area contributed by atoms with Crippen molar-refractivity contribution in [3.05, 3.63) is 54.1 Å².